The van der Waals surface area contributed by atoms with Crippen LogP contribution in [0.4, 0.5) is 10.3 Å². The van der Waals surface area contributed by atoms with Crippen molar-refractivity contribution in [3.8, 4) is 11.3 Å². The zero-order chi connectivity index (χ0) is 10.1. The highest BCUT2D eigenvalue weighted by Crippen LogP contribution is 2.26. The van der Waals surface area contributed by atoms with Crippen molar-refractivity contribution in [3.63, 3.8) is 0 Å². The van der Waals surface area contributed by atoms with E-state index in [0.29, 0.717) is 11.3 Å². The molecule has 0 fully saturated rings. The Labute approximate surface area is 87.8 Å². The second-order valence-electron chi connectivity index (χ2n) is 2.74. The molecule has 3 nitrogen and oxygen atoms in total. The summed E-state index contributed by atoms with van der Waals surface area (Å²) >= 11 is 3.24. The van der Waals surface area contributed by atoms with E-state index in [2.05, 4.69) is 25.6 Å². The minimum atomic E-state index is -0.360. The fourth-order valence-electron chi connectivity index (χ4n) is 1.11. The maximum atomic E-state index is 13.3. The largest absolute Gasteiger partial charge is 0.368 e. The van der Waals surface area contributed by atoms with Crippen molar-refractivity contribution in [3.05, 3.63) is 34.6 Å². The van der Waals surface area contributed by atoms with Crippen molar-refractivity contribution in [1.29, 1.82) is 0 Å². The molecular weight excluding hydrogens is 251 g/mol. The number of hydrogen-bond acceptors (Lipinski definition) is 3. The van der Waals surface area contributed by atoms with Gasteiger partial charge in [-0.2, -0.15) is 0 Å². The van der Waals surface area contributed by atoms with Gasteiger partial charge in [0.2, 0.25) is 5.88 Å². The van der Waals surface area contributed by atoms with Crippen molar-refractivity contribution in [2.75, 3.05) is 5.73 Å². The normalized spacial score (nSPS) is 10.4. The van der Waals surface area contributed by atoms with Gasteiger partial charge in [-0.1, -0.05) is 21.1 Å². The molecule has 2 aromatic rings. The summed E-state index contributed by atoms with van der Waals surface area (Å²) in [6, 6.07) is 6.06. The van der Waals surface area contributed by atoms with Crippen LogP contribution in [0.25, 0.3) is 11.3 Å². The number of rotatable bonds is 1. The first-order chi connectivity index (χ1) is 6.66. The number of nitrogen functional groups attached to an aromatic ring is 1. The van der Waals surface area contributed by atoms with Gasteiger partial charge in [0.25, 0.3) is 0 Å². The molecule has 0 aliphatic carbocycles. The van der Waals surface area contributed by atoms with Crippen LogP contribution in [-0.4, -0.2) is 5.16 Å². The Morgan fingerprint density at radius 1 is 1.36 bits per heavy atom. The van der Waals surface area contributed by atoms with Gasteiger partial charge >= 0.3 is 0 Å². The Morgan fingerprint density at radius 2 is 2.14 bits per heavy atom. The van der Waals surface area contributed by atoms with Gasteiger partial charge < -0.3 is 10.3 Å². The van der Waals surface area contributed by atoms with E-state index in [1.807, 2.05) is 0 Å². The van der Waals surface area contributed by atoms with Crippen molar-refractivity contribution in [1.82, 2.24) is 5.16 Å². The molecule has 5 heteroatoms. The molecule has 72 valence electrons. The molecule has 0 radical (unpaired) electrons. The van der Waals surface area contributed by atoms with Gasteiger partial charge in [-0.05, 0) is 18.2 Å². The lowest BCUT2D eigenvalue weighted by molar-refractivity contribution is 0.438. The molecular formula is C9H6BrFN2O. The zero-order valence-corrected chi connectivity index (χ0v) is 8.58. The molecule has 1 aromatic heterocycles. The molecule has 0 amide bonds. The number of halogens is 2. The summed E-state index contributed by atoms with van der Waals surface area (Å²) in [6.45, 7) is 0. The van der Waals surface area contributed by atoms with Gasteiger partial charge in [0.1, 0.15) is 11.5 Å². The third kappa shape index (κ3) is 1.63. The maximum absolute atomic E-state index is 13.3. The number of nitrogens with zero attached hydrogens (tertiary/aromatic N) is 1. The molecule has 1 heterocycles. The van der Waals surface area contributed by atoms with Crippen LogP contribution in [0.1, 0.15) is 0 Å². The molecule has 2 rings (SSSR count). The fourth-order valence-corrected chi connectivity index (χ4v) is 1.47. The summed E-state index contributed by atoms with van der Waals surface area (Å²) in [4.78, 5) is 0. The Kier molecular flexibility index (Phi) is 2.25. The highest BCUT2D eigenvalue weighted by atomic mass is 79.9. The standard InChI is InChI=1S/C9H6BrFN2O/c10-5-1-2-7(11)6(3-5)8-4-9(12)14-13-8/h1-4H,12H2. The average Bonchev–Trinajstić information content (AvgIpc) is 2.56. The van der Waals surface area contributed by atoms with Gasteiger partial charge in [0.15, 0.2) is 0 Å². The van der Waals surface area contributed by atoms with E-state index in [4.69, 9.17) is 5.73 Å². The molecule has 0 spiro atoms. The van der Waals surface area contributed by atoms with Crippen LogP contribution in [0.2, 0.25) is 0 Å². The van der Waals surface area contributed by atoms with Crippen molar-refractivity contribution >= 4 is 21.8 Å². The molecule has 0 saturated heterocycles. The molecule has 2 N–H and O–H groups in total. The number of nitrogens with two attached hydrogens (primary N) is 1. The Balaban J connectivity index is 2.55. The van der Waals surface area contributed by atoms with Gasteiger partial charge in [-0.3, -0.25) is 0 Å². The molecule has 0 aliphatic heterocycles. The number of benzene rings is 1. The van der Waals surface area contributed by atoms with E-state index in [9.17, 15) is 4.39 Å². The fraction of sp³-hybridized carbons (Fsp3) is 0. The van der Waals surface area contributed by atoms with Crippen LogP contribution in [-0.2, 0) is 0 Å². The summed E-state index contributed by atoms with van der Waals surface area (Å²) in [5.41, 5.74) is 6.09. The Morgan fingerprint density at radius 3 is 2.79 bits per heavy atom. The van der Waals surface area contributed by atoms with E-state index in [-0.39, 0.29) is 11.7 Å². The van der Waals surface area contributed by atoms with Gasteiger partial charge in [0, 0.05) is 16.1 Å². The summed E-state index contributed by atoms with van der Waals surface area (Å²) in [6.07, 6.45) is 0. The summed E-state index contributed by atoms with van der Waals surface area (Å²) in [5, 5.41) is 3.63. The van der Waals surface area contributed by atoms with E-state index < -0.39 is 0 Å². The van der Waals surface area contributed by atoms with E-state index in [1.54, 1.807) is 12.1 Å². The lowest BCUT2D eigenvalue weighted by atomic mass is 10.1. The zero-order valence-electron chi connectivity index (χ0n) is 7.00. The summed E-state index contributed by atoms with van der Waals surface area (Å²) in [7, 11) is 0. The second-order valence-corrected chi connectivity index (χ2v) is 3.65. The van der Waals surface area contributed by atoms with Gasteiger partial charge in [-0.25, -0.2) is 4.39 Å². The first-order valence-corrected chi connectivity index (χ1v) is 4.64. The highest BCUT2D eigenvalue weighted by Gasteiger charge is 2.09. The SMILES string of the molecule is Nc1cc(-c2cc(Br)ccc2F)no1. The van der Waals surface area contributed by atoms with Crippen molar-refractivity contribution in [2.45, 2.75) is 0 Å². The molecule has 0 bridgehead atoms. The Hall–Kier alpha value is -1.36. The molecule has 0 saturated carbocycles. The minimum absolute atomic E-state index is 0.166. The number of anilines is 1. The smallest absolute Gasteiger partial charge is 0.222 e. The average molecular weight is 257 g/mol. The first kappa shape index (κ1) is 9.21. The lowest BCUT2D eigenvalue weighted by Crippen LogP contribution is -1.83. The van der Waals surface area contributed by atoms with Crippen LogP contribution in [0, 0.1) is 5.82 Å². The summed E-state index contributed by atoms with van der Waals surface area (Å²) in [5.74, 6) is -0.194. The maximum Gasteiger partial charge on any atom is 0.222 e. The highest BCUT2D eigenvalue weighted by molar-refractivity contribution is 9.10. The van der Waals surface area contributed by atoms with Crippen LogP contribution < -0.4 is 5.73 Å². The van der Waals surface area contributed by atoms with Crippen LogP contribution in [0.15, 0.2) is 33.3 Å². The lowest BCUT2D eigenvalue weighted by Gasteiger charge is -1.98. The van der Waals surface area contributed by atoms with E-state index in [1.165, 1.54) is 12.1 Å². The molecule has 0 unspecified atom stereocenters. The van der Waals surface area contributed by atoms with Crippen LogP contribution in [0.3, 0.4) is 0 Å². The third-order valence-electron chi connectivity index (χ3n) is 1.73. The number of aromatic nitrogens is 1. The number of hydrogen-bond donors (Lipinski definition) is 1. The predicted octanol–water partition coefficient (Wildman–Crippen LogP) is 2.83. The van der Waals surface area contributed by atoms with Crippen LogP contribution >= 0.6 is 15.9 Å². The topological polar surface area (TPSA) is 52.0 Å². The predicted molar refractivity (Wildman–Crippen MR) is 54.0 cm³/mol. The van der Waals surface area contributed by atoms with E-state index >= 15 is 0 Å². The van der Waals surface area contributed by atoms with Crippen molar-refractivity contribution in [2.24, 2.45) is 0 Å². The second kappa shape index (κ2) is 3.42. The molecule has 1 aromatic carbocycles. The Bertz CT molecular complexity index is 470. The molecule has 14 heavy (non-hydrogen) atoms. The first-order valence-electron chi connectivity index (χ1n) is 3.84. The van der Waals surface area contributed by atoms with Gasteiger partial charge in [-0.15, -0.1) is 0 Å². The van der Waals surface area contributed by atoms with E-state index in [0.717, 1.165) is 4.47 Å². The molecule has 0 atom stereocenters. The molecule has 0 aliphatic rings. The van der Waals surface area contributed by atoms with Gasteiger partial charge in [0.05, 0.1) is 0 Å². The van der Waals surface area contributed by atoms with Crippen LogP contribution in [0.5, 0.6) is 0 Å². The summed E-state index contributed by atoms with van der Waals surface area (Å²) < 4.78 is 18.8. The monoisotopic (exact) mass is 256 g/mol. The minimum Gasteiger partial charge on any atom is -0.368 e. The van der Waals surface area contributed by atoms with Crippen molar-refractivity contribution < 1.29 is 8.91 Å². The quantitative estimate of drug-likeness (QED) is 0.854. The third-order valence-corrected chi connectivity index (χ3v) is 2.23.